The first-order valence-electron chi connectivity index (χ1n) is 36.0. The number of furan rings is 2. The van der Waals surface area contributed by atoms with E-state index in [2.05, 4.69) is 406 Å². The molecule has 1 aliphatic carbocycles. The van der Waals surface area contributed by atoms with E-state index in [4.69, 9.17) is 13.6 Å². The number of fused-ring (bicyclic) bond motifs is 11. The highest BCUT2D eigenvalue weighted by atomic mass is 28.3. The molecule has 14 aromatic carbocycles. The van der Waals surface area contributed by atoms with Crippen molar-refractivity contribution in [1.82, 2.24) is 0 Å². The van der Waals surface area contributed by atoms with Crippen LogP contribution < -0.4 is 35.3 Å². The fourth-order valence-corrected chi connectivity index (χ4v) is 21.1. The molecule has 0 saturated heterocycles. The molecule has 0 N–H and O–H groups in total. The second kappa shape index (κ2) is 25.1. The van der Waals surface area contributed by atoms with Crippen molar-refractivity contribution in [3.8, 4) is 22.6 Å². The van der Waals surface area contributed by atoms with Gasteiger partial charge < -0.3 is 23.4 Å². The number of ether oxygens (including phenoxy) is 1. The van der Waals surface area contributed by atoms with E-state index in [-0.39, 0.29) is 16.2 Å². The van der Waals surface area contributed by atoms with Gasteiger partial charge in [0.25, 0.3) is 0 Å². The molecular weight excluding hydrogens is 1270 g/mol. The van der Waals surface area contributed by atoms with E-state index in [0.717, 1.165) is 123 Å². The lowest BCUT2D eigenvalue weighted by molar-refractivity contribution is 0.481. The van der Waals surface area contributed by atoms with Crippen LogP contribution in [0.5, 0.6) is 11.5 Å². The lowest BCUT2D eigenvalue weighted by Crippen LogP contribution is -2.74. The molecule has 0 saturated carbocycles. The average molecular weight is 1350 g/mol. The molecule has 0 bridgehead atoms. The third-order valence-corrected chi connectivity index (χ3v) is 26.2. The molecule has 1 aliphatic rings. The summed E-state index contributed by atoms with van der Waals surface area (Å²) in [6.07, 6.45) is 0. The summed E-state index contributed by atoms with van der Waals surface area (Å²) in [5.74, 6) is 1.50. The second-order valence-corrected chi connectivity index (χ2v) is 34.6. The van der Waals surface area contributed by atoms with Gasteiger partial charge in [-0.3, -0.25) is 0 Å². The Bertz CT molecular complexity index is 5680. The highest BCUT2D eigenvalue weighted by molar-refractivity contribution is 7.19. The molecule has 502 valence electrons. The molecule has 17 rings (SSSR count). The number of nitrogens with zero attached hydrogens (tertiary/aromatic N) is 2. The Morgan fingerprint density at radius 3 is 1.08 bits per heavy atom. The molecule has 16 aromatic rings. The van der Waals surface area contributed by atoms with Crippen LogP contribution in [0.3, 0.4) is 0 Å². The SMILES string of the molecule is CC(C)(C)c1ccc(Oc2ccc(C3(c4ccc([Si](c5ccccc5)(c5ccccc5)c5ccccc5)cc4)c4cc(N(c5ccccc5)c5ccc(C(C)(C)C)cc5)c5c(oc6ccccc65)c4-c4c3cc(N(c3ccccc3)c3ccc(C(C)(C)C)cc3)c3oc5ccccc5c43)cc2)cc1. The van der Waals surface area contributed by atoms with Crippen molar-refractivity contribution in [2.45, 2.75) is 84.0 Å². The Kier molecular flexibility index (Phi) is 15.8. The summed E-state index contributed by atoms with van der Waals surface area (Å²) in [5, 5.41) is 9.22. The largest absolute Gasteiger partial charge is 0.457 e. The summed E-state index contributed by atoms with van der Waals surface area (Å²) < 4.78 is 22.3. The van der Waals surface area contributed by atoms with E-state index in [1.807, 2.05) is 0 Å². The molecule has 5 nitrogen and oxygen atoms in total. The lowest BCUT2D eigenvalue weighted by atomic mass is 9.67. The Morgan fingerprint density at radius 2 is 0.631 bits per heavy atom. The summed E-state index contributed by atoms with van der Waals surface area (Å²) >= 11 is 0. The van der Waals surface area contributed by atoms with E-state index in [1.54, 1.807) is 0 Å². The van der Waals surface area contributed by atoms with E-state index < -0.39 is 13.5 Å². The monoisotopic (exact) mass is 1350 g/mol. The van der Waals surface area contributed by atoms with Gasteiger partial charge in [-0.1, -0.05) is 299 Å². The zero-order valence-electron chi connectivity index (χ0n) is 59.9. The van der Waals surface area contributed by atoms with Crippen molar-refractivity contribution in [3.05, 3.63) is 373 Å². The molecule has 0 fully saturated rings. The maximum Gasteiger partial charge on any atom is 0.179 e. The van der Waals surface area contributed by atoms with E-state index >= 15 is 0 Å². The fraction of sp³-hybridized carbons (Fsp3) is 0.134. The maximum atomic E-state index is 7.78. The molecule has 0 aliphatic heterocycles. The van der Waals surface area contributed by atoms with Crippen LogP contribution in [0.1, 0.15) is 101 Å². The van der Waals surface area contributed by atoms with Gasteiger partial charge in [0.2, 0.25) is 0 Å². The standard InChI is InChI=1S/C97H82N2O3Si/c1-94(2,3)65-43-53-72(54-44-65)98(70-29-15-10-16-30-70)84-63-83-91(93-88(84)80-39-25-27-41-86(80)102-93)90-82(64-85(92-89(90)81-40-26-28-42-87(81)101-92)99(71-31-17-11-18-32-71)73-55-45-66(46-56-73)95(4,5)6)97(83,68-49-59-75(60-50-68)100-74-57-47-67(48-58-74)96(7,8)9)69-51-61-79(62-52-69)103(76-33-19-12-20-34-76,77-35-21-13-22-36-77)78-37-23-14-24-38-78/h10-64H,1-9H3. The molecule has 6 heteroatoms. The first-order valence-corrected chi connectivity index (χ1v) is 38.0. The summed E-state index contributed by atoms with van der Waals surface area (Å²) in [4.78, 5) is 4.87. The normalized spacial score (nSPS) is 13.9. The summed E-state index contributed by atoms with van der Waals surface area (Å²) in [6.45, 7) is 20.4. The van der Waals surface area contributed by atoms with Gasteiger partial charge in [-0.05, 0) is 173 Å². The van der Waals surface area contributed by atoms with Crippen LogP contribution in [0.15, 0.2) is 342 Å². The number of anilines is 6. The van der Waals surface area contributed by atoms with Crippen molar-refractivity contribution in [2.75, 3.05) is 9.80 Å². The minimum Gasteiger partial charge on any atom is -0.457 e. The van der Waals surface area contributed by atoms with Gasteiger partial charge in [-0.2, -0.15) is 0 Å². The van der Waals surface area contributed by atoms with Gasteiger partial charge in [0.15, 0.2) is 13.7 Å². The molecule has 2 heterocycles. The van der Waals surface area contributed by atoms with E-state index in [9.17, 15) is 0 Å². The van der Waals surface area contributed by atoms with Crippen molar-refractivity contribution < 1.29 is 13.6 Å². The maximum absolute atomic E-state index is 7.78. The van der Waals surface area contributed by atoms with Crippen LogP contribution in [0.25, 0.3) is 55.0 Å². The summed E-state index contributed by atoms with van der Waals surface area (Å²) in [5.41, 5.74) is 17.9. The first-order chi connectivity index (χ1) is 50.0. The van der Waals surface area contributed by atoms with Gasteiger partial charge in [-0.25, -0.2) is 0 Å². The Labute approximate surface area is 605 Å². The smallest absolute Gasteiger partial charge is 0.179 e. The van der Waals surface area contributed by atoms with Crippen molar-refractivity contribution in [2.24, 2.45) is 0 Å². The van der Waals surface area contributed by atoms with Crippen molar-refractivity contribution in [1.29, 1.82) is 0 Å². The molecule has 0 radical (unpaired) electrons. The third kappa shape index (κ3) is 10.9. The highest BCUT2D eigenvalue weighted by Gasteiger charge is 2.52. The molecule has 1 unspecified atom stereocenters. The summed E-state index contributed by atoms with van der Waals surface area (Å²) in [7, 11) is -3.07. The predicted molar refractivity (Wildman–Crippen MR) is 434 cm³/mol. The zero-order valence-corrected chi connectivity index (χ0v) is 60.9. The number of rotatable bonds is 14. The number of para-hydroxylation sites is 4. The molecular formula is C97H82N2O3Si. The molecule has 1 atom stereocenters. The Hall–Kier alpha value is -11.7. The molecule has 0 spiro atoms. The fourth-order valence-electron chi connectivity index (χ4n) is 16.3. The first kappa shape index (κ1) is 64.7. The Morgan fingerprint density at radius 1 is 0.301 bits per heavy atom. The Balaban J connectivity index is 1.05. The third-order valence-electron chi connectivity index (χ3n) is 21.4. The van der Waals surface area contributed by atoms with Crippen LogP contribution in [0.2, 0.25) is 0 Å². The minimum absolute atomic E-state index is 0.0130. The molecule has 2 aromatic heterocycles. The van der Waals surface area contributed by atoms with E-state index in [0.29, 0.717) is 0 Å². The van der Waals surface area contributed by atoms with Gasteiger partial charge in [0, 0.05) is 50.0 Å². The van der Waals surface area contributed by atoms with Crippen molar-refractivity contribution >= 4 is 107 Å². The van der Waals surface area contributed by atoms with Crippen molar-refractivity contribution in [3.63, 3.8) is 0 Å². The van der Waals surface area contributed by atoms with Crippen LogP contribution in [-0.4, -0.2) is 8.07 Å². The quantitative estimate of drug-likeness (QED) is 0.0802. The van der Waals surface area contributed by atoms with Gasteiger partial charge in [0.05, 0.1) is 22.2 Å². The predicted octanol–water partition coefficient (Wildman–Crippen LogP) is 23.9. The topological polar surface area (TPSA) is 42.0 Å². The van der Waals surface area contributed by atoms with Gasteiger partial charge >= 0.3 is 0 Å². The van der Waals surface area contributed by atoms with Crippen LogP contribution in [0, 0.1) is 0 Å². The van der Waals surface area contributed by atoms with Crippen LogP contribution in [-0.2, 0) is 21.7 Å². The van der Waals surface area contributed by atoms with E-state index in [1.165, 1.54) is 37.4 Å². The van der Waals surface area contributed by atoms with Gasteiger partial charge in [0.1, 0.15) is 28.2 Å². The number of hydrogen-bond acceptors (Lipinski definition) is 5. The lowest BCUT2D eigenvalue weighted by Gasteiger charge is -2.37. The summed E-state index contributed by atoms with van der Waals surface area (Å²) in [6, 6.07) is 123. The highest BCUT2D eigenvalue weighted by Crippen LogP contribution is 2.65. The number of benzene rings is 14. The molecule has 0 amide bonds. The second-order valence-electron chi connectivity index (χ2n) is 30.8. The zero-order chi connectivity index (χ0) is 70.4. The van der Waals surface area contributed by atoms with Crippen LogP contribution >= 0.6 is 0 Å². The number of hydrogen-bond donors (Lipinski definition) is 0. The minimum atomic E-state index is -3.07. The van der Waals surface area contributed by atoms with Gasteiger partial charge in [-0.15, -0.1) is 0 Å². The molecule has 103 heavy (non-hydrogen) atoms. The van der Waals surface area contributed by atoms with Crippen LogP contribution in [0.4, 0.5) is 34.1 Å². The average Bonchev–Trinajstić information content (AvgIpc) is 1.50.